The molecule has 2 aromatic rings. The molecule has 1 heterocycles. The van der Waals surface area contributed by atoms with Crippen LogP contribution in [0.5, 0.6) is 5.75 Å². The Labute approximate surface area is 146 Å². The molecule has 2 aromatic carbocycles. The Bertz CT molecular complexity index is 741. The van der Waals surface area contributed by atoms with E-state index in [1.807, 2.05) is 11.0 Å². The van der Waals surface area contributed by atoms with Crippen LogP contribution in [-0.2, 0) is 6.54 Å². The molecule has 5 nitrogen and oxygen atoms in total. The van der Waals surface area contributed by atoms with Crippen LogP contribution in [0.2, 0.25) is 0 Å². The summed E-state index contributed by atoms with van der Waals surface area (Å²) in [5.74, 6) is -0.0741. The molecular formula is C19H22FN3O2. The maximum Gasteiger partial charge on any atom is 0.253 e. The van der Waals surface area contributed by atoms with E-state index in [1.54, 1.807) is 30.3 Å². The summed E-state index contributed by atoms with van der Waals surface area (Å²) in [5, 5.41) is 0. The molecule has 1 fully saturated rings. The Kier molecular flexibility index (Phi) is 5.19. The van der Waals surface area contributed by atoms with E-state index >= 15 is 0 Å². The highest BCUT2D eigenvalue weighted by Crippen LogP contribution is 2.19. The molecule has 0 unspecified atom stereocenters. The van der Waals surface area contributed by atoms with E-state index < -0.39 is 0 Å². The van der Waals surface area contributed by atoms with E-state index in [0.717, 1.165) is 18.7 Å². The average molecular weight is 343 g/mol. The van der Waals surface area contributed by atoms with E-state index in [1.165, 1.54) is 13.2 Å². The number of carbonyl (C=O) groups is 1. The van der Waals surface area contributed by atoms with Gasteiger partial charge in [0.1, 0.15) is 0 Å². The predicted molar refractivity (Wildman–Crippen MR) is 95.0 cm³/mol. The van der Waals surface area contributed by atoms with Crippen molar-refractivity contribution >= 4 is 11.6 Å². The lowest BCUT2D eigenvalue weighted by Gasteiger charge is -2.34. The molecule has 1 aliphatic heterocycles. The maximum atomic E-state index is 13.8. The fourth-order valence-electron chi connectivity index (χ4n) is 2.98. The van der Waals surface area contributed by atoms with E-state index in [0.29, 0.717) is 30.9 Å². The van der Waals surface area contributed by atoms with E-state index in [-0.39, 0.29) is 17.5 Å². The van der Waals surface area contributed by atoms with Crippen LogP contribution in [0.15, 0.2) is 42.5 Å². The van der Waals surface area contributed by atoms with Gasteiger partial charge in [-0.2, -0.15) is 0 Å². The van der Waals surface area contributed by atoms with Crippen molar-refractivity contribution in [3.8, 4) is 5.75 Å². The average Bonchev–Trinajstić information content (AvgIpc) is 2.63. The third kappa shape index (κ3) is 4.09. The van der Waals surface area contributed by atoms with Gasteiger partial charge in [0, 0.05) is 44.0 Å². The van der Waals surface area contributed by atoms with Gasteiger partial charge >= 0.3 is 0 Å². The summed E-state index contributed by atoms with van der Waals surface area (Å²) in [6, 6.07) is 12.0. The van der Waals surface area contributed by atoms with Gasteiger partial charge in [-0.3, -0.25) is 9.69 Å². The van der Waals surface area contributed by atoms with Crippen LogP contribution in [0.1, 0.15) is 15.9 Å². The summed E-state index contributed by atoms with van der Waals surface area (Å²) in [7, 11) is 1.45. The molecule has 0 saturated carbocycles. The van der Waals surface area contributed by atoms with Gasteiger partial charge in [0.05, 0.1) is 7.11 Å². The largest absolute Gasteiger partial charge is 0.494 e. The first-order valence-corrected chi connectivity index (χ1v) is 8.26. The normalized spacial score (nSPS) is 15.2. The first-order valence-electron chi connectivity index (χ1n) is 8.26. The van der Waals surface area contributed by atoms with E-state index in [9.17, 15) is 9.18 Å². The molecule has 0 aromatic heterocycles. The second kappa shape index (κ2) is 7.53. The monoisotopic (exact) mass is 343 g/mol. The lowest BCUT2D eigenvalue weighted by molar-refractivity contribution is 0.0628. The molecule has 6 heteroatoms. The van der Waals surface area contributed by atoms with Crippen LogP contribution in [0.25, 0.3) is 0 Å². The minimum absolute atomic E-state index is 0.0233. The summed E-state index contributed by atoms with van der Waals surface area (Å²) in [6.07, 6.45) is 0. The number of methoxy groups -OCH3 is 1. The number of anilines is 1. The summed E-state index contributed by atoms with van der Waals surface area (Å²) in [6.45, 7) is 3.48. The van der Waals surface area contributed by atoms with Crippen molar-refractivity contribution in [3.05, 3.63) is 59.4 Å². The number of ether oxygens (including phenoxy) is 1. The maximum absolute atomic E-state index is 13.8. The van der Waals surface area contributed by atoms with Crippen LogP contribution in [0, 0.1) is 5.82 Å². The van der Waals surface area contributed by atoms with Crippen LogP contribution in [0.3, 0.4) is 0 Å². The van der Waals surface area contributed by atoms with Gasteiger partial charge in [0.2, 0.25) is 0 Å². The molecule has 132 valence electrons. The number of nitrogens with zero attached hydrogens (tertiary/aromatic N) is 2. The Morgan fingerprint density at radius 3 is 2.40 bits per heavy atom. The van der Waals surface area contributed by atoms with Crippen LogP contribution >= 0.6 is 0 Å². The molecule has 0 radical (unpaired) electrons. The SMILES string of the molecule is COc1ccc(CN2CCN(C(=O)c3ccc(N)cc3)CC2)cc1F. The minimum Gasteiger partial charge on any atom is -0.494 e. The van der Waals surface area contributed by atoms with Gasteiger partial charge in [0.25, 0.3) is 5.91 Å². The van der Waals surface area contributed by atoms with Gasteiger partial charge < -0.3 is 15.4 Å². The summed E-state index contributed by atoms with van der Waals surface area (Å²) in [5.41, 5.74) is 7.86. The third-order valence-electron chi connectivity index (χ3n) is 4.44. The summed E-state index contributed by atoms with van der Waals surface area (Å²) in [4.78, 5) is 16.6. The van der Waals surface area contributed by atoms with Crippen molar-refractivity contribution < 1.29 is 13.9 Å². The zero-order valence-electron chi connectivity index (χ0n) is 14.2. The van der Waals surface area contributed by atoms with Crippen LogP contribution in [0.4, 0.5) is 10.1 Å². The molecule has 0 atom stereocenters. The zero-order valence-corrected chi connectivity index (χ0v) is 14.2. The highest BCUT2D eigenvalue weighted by atomic mass is 19.1. The van der Waals surface area contributed by atoms with Crippen molar-refractivity contribution in [1.29, 1.82) is 0 Å². The number of amides is 1. The lowest BCUT2D eigenvalue weighted by Crippen LogP contribution is -2.48. The topological polar surface area (TPSA) is 58.8 Å². The standard InChI is InChI=1S/C19H22FN3O2/c1-25-18-7-2-14(12-17(18)20)13-22-8-10-23(11-9-22)19(24)15-3-5-16(21)6-4-15/h2-7,12H,8-11,13,21H2,1H3. The summed E-state index contributed by atoms with van der Waals surface area (Å²) >= 11 is 0. The molecule has 3 rings (SSSR count). The Morgan fingerprint density at radius 1 is 1.12 bits per heavy atom. The number of halogens is 1. The molecule has 1 aliphatic rings. The second-order valence-electron chi connectivity index (χ2n) is 6.16. The van der Waals surface area contributed by atoms with Gasteiger partial charge in [-0.25, -0.2) is 4.39 Å². The highest BCUT2D eigenvalue weighted by Gasteiger charge is 2.22. The molecule has 25 heavy (non-hydrogen) atoms. The van der Waals surface area contributed by atoms with Crippen LogP contribution in [-0.4, -0.2) is 49.0 Å². The predicted octanol–water partition coefficient (Wildman–Crippen LogP) is 2.37. The van der Waals surface area contributed by atoms with Crippen LogP contribution < -0.4 is 10.5 Å². The Morgan fingerprint density at radius 2 is 1.80 bits per heavy atom. The Hall–Kier alpha value is -2.60. The van der Waals surface area contributed by atoms with Gasteiger partial charge in [-0.1, -0.05) is 6.07 Å². The van der Waals surface area contributed by atoms with E-state index in [4.69, 9.17) is 10.5 Å². The fraction of sp³-hybridized carbons (Fsp3) is 0.316. The van der Waals surface area contributed by atoms with Crippen molar-refractivity contribution in [2.75, 3.05) is 39.0 Å². The molecule has 0 bridgehead atoms. The molecule has 1 amide bonds. The quantitative estimate of drug-likeness (QED) is 0.866. The number of hydrogen-bond donors (Lipinski definition) is 1. The number of rotatable bonds is 4. The smallest absolute Gasteiger partial charge is 0.253 e. The van der Waals surface area contributed by atoms with E-state index in [2.05, 4.69) is 4.90 Å². The molecule has 1 saturated heterocycles. The fourth-order valence-corrected chi connectivity index (χ4v) is 2.98. The third-order valence-corrected chi connectivity index (χ3v) is 4.44. The van der Waals surface area contributed by atoms with Gasteiger partial charge in [-0.05, 0) is 42.0 Å². The van der Waals surface area contributed by atoms with Crippen molar-refractivity contribution in [2.45, 2.75) is 6.54 Å². The molecule has 2 N–H and O–H groups in total. The van der Waals surface area contributed by atoms with Crippen molar-refractivity contribution in [1.82, 2.24) is 9.80 Å². The second-order valence-corrected chi connectivity index (χ2v) is 6.16. The number of nitrogen functional groups attached to an aromatic ring is 1. The number of nitrogens with two attached hydrogens (primary N) is 1. The highest BCUT2D eigenvalue weighted by molar-refractivity contribution is 5.94. The number of hydrogen-bond acceptors (Lipinski definition) is 4. The number of carbonyl (C=O) groups excluding carboxylic acids is 1. The first-order chi connectivity index (χ1) is 12.1. The molecular weight excluding hydrogens is 321 g/mol. The number of benzene rings is 2. The minimum atomic E-state index is -0.350. The lowest BCUT2D eigenvalue weighted by atomic mass is 10.1. The summed E-state index contributed by atoms with van der Waals surface area (Å²) < 4.78 is 18.7. The van der Waals surface area contributed by atoms with Crippen molar-refractivity contribution in [3.63, 3.8) is 0 Å². The molecule has 0 spiro atoms. The first kappa shape index (κ1) is 17.2. The molecule has 0 aliphatic carbocycles. The Balaban J connectivity index is 1.55. The number of piperazine rings is 1. The van der Waals surface area contributed by atoms with Gasteiger partial charge in [-0.15, -0.1) is 0 Å². The van der Waals surface area contributed by atoms with Gasteiger partial charge in [0.15, 0.2) is 11.6 Å². The van der Waals surface area contributed by atoms with Crippen molar-refractivity contribution in [2.24, 2.45) is 0 Å². The zero-order chi connectivity index (χ0) is 17.8.